The average molecular weight is 281 g/mol. The fourth-order valence-corrected chi connectivity index (χ4v) is 2.61. The van der Waals surface area contributed by atoms with Gasteiger partial charge in [-0.1, -0.05) is 0 Å². The van der Waals surface area contributed by atoms with Crippen molar-refractivity contribution in [3.63, 3.8) is 0 Å². The Bertz CT molecular complexity index is 489. The summed E-state index contributed by atoms with van der Waals surface area (Å²) in [5, 5.41) is 13.1. The SMILES string of the molecule is O=C(O)C=Cc1cc(C(=O)NCC2CCCO2)cs1. The molecule has 0 bridgehead atoms. The number of amides is 1. The Balaban J connectivity index is 1.86. The molecule has 0 radical (unpaired) electrons. The third kappa shape index (κ3) is 4.18. The third-order valence-electron chi connectivity index (χ3n) is 2.79. The normalized spacial score (nSPS) is 18.8. The third-order valence-corrected chi connectivity index (χ3v) is 3.68. The molecule has 1 fully saturated rings. The van der Waals surface area contributed by atoms with E-state index in [0.29, 0.717) is 12.1 Å². The lowest BCUT2D eigenvalue weighted by molar-refractivity contribution is -0.131. The van der Waals surface area contributed by atoms with E-state index in [1.807, 2.05) is 0 Å². The zero-order valence-electron chi connectivity index (χ0n) is 10.3. The second kappa shape index (κ2) is 6.49. The average Bonchev–Trinajstić information content (AvgIpc) is 3.04. The number of carboxylic acid groups (broad SMARTS) is 1. The first-order valence-corrected chi connectivity index (χ1v) is 6.92. The molecule has 1 unspecified atom stereocenters. The van der Waals surface area contributed by atoms with Gasteiger partial charge in [-0.2, -0.15) is 0 Å². The molecule has 0 aliphatic carbocycles. The van der Waals surface area contributed by atoms with Crippen LogP contribution in [0.5, 0.6) is 0 Å². The Kier molecular flexibility index (Phi) is 4.70. The van der Waals surface area contributed by atoms with Gasteiger partial charge in [-0.3, -0.25) is 4.79 Å². The number of hydrogen-bond donors (Lipinski definition) is 2. The van der Waals surface area contributed by atoms with Crippen LogP contribution in [-0.4, -0.2) is 36.2 Å². The maximum atomic E-state index is 11.9. The zero-order valence-corrected chi connectivity index (χ0v) is 11.1. The van der Waals surface area contributed by atoms with Crippen LogP contribution in [0.2, 0.25) is 0 Å². The summed E-state index contributed by atoms with van der Waals surface area (Å²) in [7, 11) is 0. The van der Waals surface area contributed by atoms with Crippen LogP contribution in [0.3, 0.4) is 0 Å². The van der Waals surface area contributed by atoms with Crippen molar-refractivity contribution in [2.24, 2.45) is 0 Å². The highest BCUT2D eigenvalue weighted by Crippen LogP contribution is 2.16. The van der Waals surface area contributed by atoms with Gasteiger partial charge in [-0.25, -0.2) is 4.79 Å². The fraction of sp³-hybridized carbons (Fsp3) is 0.385. The Morgan fingerprint density at radius 2 is 2.42 bits per heavy atom. The lowest BCUT2D eigenvalue weighted by Crippen LogP contribution is -2.31. The van der Waals surface area contributed by atoms with Crippen LogP contribution in [-0.2, 0) is 9.53 Å². The molecule has 102 valence electrons. The number of aliphatic carboxylic acids is 1. The summed E-state index contributed by atoms with van der Waals surface area (Å²) in [5.74, 6) is -1.15. The van der Waals surface area contributed by atoms with Gasteiger partial charge in [0.1, 0.15) is 0 Å². The van der Waals surface area contributed by atoms with Gasteiger partial charge < -0.3 is 15.2 Å². The van der Waals surface area contributed by atoms with Crippen LogP contribution in [0.15, 0.2) is 17.5 Å². The summed E-state index contributed by atoms with van der Waals surface area (Å²) in [4.78, 5) is 23.0. The van der Waals surface area contributed by atoms with E-state index in [4.69, 9.17) is 9.84 Å². The molecule has 0 spiro atoms. The van der Waals surface area contributed by atoms with E-state index in [2.05, 4.69) is 5.32 Å². The number of thiophene rings is 1. The van der Waals surface area contributed by atoms with Gasteiger partial charge in [0.25, 0.3) is 5.91 Å². The van der Waals surface area contributed by atoms with Crippen molar-refractivity contribution in [2.45, 2.75) is 18.9 Å². The fourth-order valence-electron chi connectivity index (χ4n) is 1.83. The molecule has 2 N–H and O–H groups in total. The number of carbonyl (C=O) groups excluding carboxylic acids is 1. The van der Waals surface area contributed by atoms with E-state index in [1.54, 1.807) is 11.4 Å². The van der Waals surface area contributed by atoms with Gasteiger partial charge in [0.05, 0.1) is 11.7 Å². The molecule has 19 heavy (non-hydrogen) atoms. The second-order valence-corrected chi connectivity index (χ2v) is 5.20. The maximum Gasteiger partial charge on any atom is 0.328 e. The summed E-state index contributed by atoms with van der Waals surface area (Å²) in [6.07, 6.45) is 4.68. The number of ether oxygens (including phenoxy) is 1. The molecule has 0 aromatic carbocycles. The number of carboxylic acids is 1. The minimum atomic E-state index is -1.00. The van der Waals surface area contributed by atoms with Crippen molar-refractivity contribution >= 4 is 29.3 Å². The molecule has 0 saturated carbocycles. The van der Waals surface area contributed by atoms with E-state index >= 15 is 0 Å². The van der Waals surface area contributed by atoms with Gasteiger partial charge in [0, 0.05) is 29.5 Å². The van der Waals surface area contributed by atoms with E-state index in [0.717, 1.165) is 30.4 Å². The smallest absolute Gasteiger partial charge is 0.328 e. The van der Waals surface area contributed by atoms with Crippen LogP contribution in [0.25, 0.3) is 6.08 Å². The minimum Gasteiger partial charge on any atom is -0.478 e. The molecule has 5 nitrogen and oxygen atoms in total. The van der Waals surface area contributed by atoms with E-state index in [9.17, 15) is 9.59 Å². The van der Waals surface area contributed by atoms with Gasteiger partial charge in [0.15, 0.2) is 0 Å². The van der Waals surface area contributed by atoms with Crippen molar-refractivity contribution in [3.05, 3.63) is 28.0 Å². The molecule has 1 aromatic heterocycles. The van der Waals surface area contributed by atoms with Crippen molar-refractivity contribution in [3.8, 4) is 0 Å². The molecular formula is C13H15NO4S. The molecule has 2 rings (SSSR count). The molecule has 1 amide bonds. The van der Waals surface area contributed by atoms with Crippen LogP contribution in [0.4, 0.5) is 0 Å². The van der Waals surface area contributed by atoms with Crippen LogP contribution < -0.4 is 5.32 Å². The lowest BCUT2D eigenvalue weighted by atomic mass is 10.2. The summed E-state index contributed by atoms with van der Waals surface area (Å²) in [6, 6.07) is 1.68. The van der Waals surface area contributed by atoms with Gasteiger partial charge in [-0.05, 0) is 25.0 Å². The highest BCUT2D eigenvalue weighted by molar-refractivity contribution is 7.11. The molecule has 2 heterocycles. The summed E-state index contributed by atoms with van der Waals surface area (Å²) >= 11 is 1.34. The highest BCUT2D eigenvalue weighted by Gasteiger charge is 2.16. The Morgan fingerprint density at radius 3 is 3.11 bits per heavy atom. The minimum absolute atomic E-state index is 0.119. The van der Waals surface area contributed by atoms with Crippen LogP contribution in [0, 0.1) is 0 Å². The predicted octanol–water partition coefficient (Wildman–Crippen LogP) is 1.75. The highest BCUT2D eigenvalue weighted by atomic mass is 32.1. The maximum absolute atomic E-state index is 11.9. The van der Waals surface area contributed by atoms with E-state index < -0.39 is 5.97 Å². The van der Waals surface area contributed by atoms with Gasteiger partial charge in [0.2, 0.25) is 0 Å². The van der Waals surface area contributed by atoms with Gasteiger partial charge in [-0.15, -0.1) is 11.3 Å². The molecule has 6 heteroatoms. The summed E-state index contributed by atoms with van der Waals surface area (Å²) < 4.78 is 5.42. The topological polar surface area (TPSA) is 75.6 Å². The molecule has 1 aliphatic rings. The van der Waals surface area contributed by atoms with Crippen molar-refractivity contribution < 1.29 is 19.4 Å². The first kappa shape index (κ1) is 13.8. The Morgan fingerprint density at radius 1 is 1.58 bits per heavy atom. The van der Waals surface area contributed by atoms with Crippen LogP contribution >= 0.6 is 11.3 Å². The van der Waals surface area contributed by atoms with Crippen molar-refractivity contribution in [1.82, 2.24) is 5.32 Å². The van der Waals surface area contributed by atoms with E-state index in [-0.39, 0.29) is 12.0 Å². The first-order chi connectivity index (χ1) is 9.15. The van der Waals surface area contributed by atoms with Crippen LogP contribution in [0.1, 0.15) is 28.1 Å². The zero-order chi connectivity index (χ0) is 13.7. The van der Waals surface area contributed by atoms with Crippen molar-refractivity contribution in [1.29, 1.82) is 0 Å². The molecule has 1 saturated heterocycles. The Hall–Kier alpha value is -1.66. The van der Waals surface area contributed by atoms with E-state index in [1.165, 1.54) is 17.4 Å². The Labute approximate surface area is 114 Å². The van der Waals surface area contributed by atoms with Gasteiger partial charge >= 0.3 is 5.97 Å². The number of carbonyl (C=O) groups is 2. The largest absolute Gasteiger partial charge is 0.478 e. The first-order valence-electron chi connectivity index (χ1n) is 6.04. The predicted molar refractivity (Wildman–Crippen MR) is 72.3 cm³/mol. The monoisotopic (exact) mass is 281 g/mol. The molecular weight excluding hydrogens is 266 g/mol. The summed E-state index contributed by atoms with van der Waals surface area (Å²) in [6.45, 7) is 1.29. The quantitative estimate of drug-likeness (QED) is 0.806. The number of rotatable bonds is 5. The second-order valence-electron chi connectivity index (χ2n) is 4.25. The molecule has 1 atom stereocenters. The van der Waals surface area contributed by atoms with Crippen molar-refractivity contribution in [2.75, 3.05) is 13.2 Å². The summed E-state index contributed by atoms with van der Waals surface area (Å²) in [5.41, 5.74) is 0.549. The number of hydrogen-bond acceptors (Lipinski definition) is 4. The number of nitrogens with one attached hydrogen (secondary N) is 1. The standard InChI is InChI=1S/C13H15NO4S/c15-12(16)4-3-11-6-9(8-19-11)13(17)14-7-10-2-1-5-18-10/h3-4,6,8,10H,1-2,5,7H2,(H,14,17)(H,15,16). The lowest BCUT2D eigenvalue weighted by Gasteiger charge is -2.09. The molecule has 1 aromatic rings. The molecule has 1 aliphatic heterocycles.